The van der Waals surface area contributed by atoms with Crippen LogP contribution in [0.2, 0.25) is 0 Å². The number of rotatable bonds is 5. The van der Waals surface area contributed by atoms with Crippen molar-refractivity contribution in [2.24, 2.45) is 5.84 Å². The van der Waals surface area contributed by atoms with E-state index in [0.717, 1.165) is 21.7 Å². The molecule has 0 aliphatic rings. The van der Waals surface area contributed by atoms with Crippen LogP contribution < -0.4 is 21.3 Å². The highest BCUT2D eigenvalue weighted by atomic mass is 79.9. The topological polar surface area (TPSA) is 85.1 Å². The molecular weight excluding hydrogens is 334 g/mol. The molecule has 21 heavy (non-hydrogen) atoms. The zero-order valence-electron chi connectivity index (χ0n) is 12.1. The third kappa shape index (κ3) is 3.83. The Morgan fingerprint density at radius 2 is 1.90 bits per heavy atom. The fourth-order valence-electron chi connectivity index (χ4n) is 1.75. The Morgan fingerprint density at radius 1 is 1.19 bits per heavy atom. The van der Waals surface area contributed by atoms with E-state index in [2.05, 4.69) is 36.6 Å². The molecule has 112 valence electrons. The van der Waals surface area contributed by atoms with Gasteiger partial charge in [-0.3, -0.25) is 0 Å². The third-order valence-corrected chi connectivity index (χ3v) is 3.49. The molecule has 0 atom stereocenters. The number of benzene rings is 1. The van der Waals surface area contributed by atoms with Gasteiger partial charge in [-0.15, -0.1) is 0 Å². The van der Waals surface area contributed by atoms with Crippen molar-refractivity contribution in [3.8, 4) is 5.75 Å². The summed E-state index contributed by atoms with van der Waals surface area (Å²) < 4.78 is 6.17. The number of anilines is 3. The summed E-state index contributed by atoms with van der Waals surface area (Å²) in [5, 5.41) is 3.23. The normalized spacial score (nSPS) is 10.6. The number of aromatic nitrogens is 2. The first-order valence-electron chi connectivity index (χ1n) is 6.49. The Kier molecular flexibility index (Phi) is 4.98. The second-order valence-corrected chi connectivity index (χ2v) is 5.62. The molecule has 1 aromatic heterocycles. The molecule has 0 bridgehead atoms. The lowest BCUT2D eigenvalue weighted by Gasteiger charge is -2.12. The van der Waals surface area contributed by atoms with Gasteiger partial charge in [-0.25, -0.2) is 15.8 Å². The van der Waals surface area contributed by atoms with Crippen LogP contribution in [0.5, 0.6) is 5.75 Å². The number of ether oxygens (including phenoxy) is 1. The van der Waals surface area contributed by atoms with E-state index >= 15 is 0 Å². The van der Waals surface area contributed by atoms with E-state index in [1.807, 2.05) is 32.0 Å². The van der Waals surface area contributed by atoms with Gasteiger partial charge in [0.05, 0.1) is 11.6 Å². The van der Waals surface area contributed by atoms with E-state index in [1.165, 1.54) is 0 Å². The van der Waals surface area contributed by atoms with E-state index < -0.39 is 0 Å². The summed E-state index contributed by atoms with van der Waals surface area (Å²) in [4.78, 5) is 8.81. The Morgan fingerprint density at radius 3 is 2.52 bits per heavy atom. The third-order valence-electron chi connectivity index (χ3n) is 2.83. The minimum absolute atomic E-state index is 0.207. The number of hydrogen-bond acceptors (Lipinski definition) is 6. The van der Waals surface area contributed by atoms with E-state index in [0.29, 0.717) is 11.6 Å². The smallest absolute Gasteiger partial charge is 0.145 e. The molecule has 0 radical (unpaired) electrons. The zero-order valence-corrected chi connectivity index (χ0v) is 13.7. The van der Waals surface area contributed by atoms with E-state index in [1.54, 1.807) is 13.2 Å². The summed E-state index contributed by atoms with van der Waals surface area (Å²) in [5.41, 5.74) is 3.42. The van der Waals surface area contributed by atoms with Gasteiger partial charge in [0.15, 0.2) is 0 Å². The molecule has 0 saturated heterocycles. The number of nitrogens with two attached hydrogens (primary N) is 1. The monoisotopic (exact) mass is 351 g/mol. The summed E-state index contributed by atoms with van der Waals surface area (Å²) in [6.45, 7) is 4.06. The molecule has 2 rings (SSSR count). The maximum atomic E-state index is 5.45. The maximum Gasteiger partial charge on any atom is 0.145 e. The quantitative estimate of drug-likeness (QED) is 0.565. The van der Waals surface area contributed by atoms with Crippen LogP contribution in [0.1, 0.15) is 25.6 Å². The summed E-state index contributed by atoms with van der Waals surface area (Å²) in [5.74, 6) is 8.37. The molecule has 0 saturated carbocycles. The fraction of sp³-hybridized carbons (Fsp3) is 0.286. The fourth-order valence-corrected chi connectivity index (χ4v) is 2.16. The van der Waals surface area contributed by atoms with E-state index in [-0.39, 0.29) is 5.92 Å². The molecule has 0 fully saturated rings. The summed E-state index contributed by atoms with van der Waals surface area (Å²) in [6, 6.07) is 7.48. The molecule has 1 heterocycles. The van der Waals surface area contributed by atoms with Gasteiger partial charge in [-0.2, -0.15) is 0 Å². The predicted molar refractivity (Wildman–Crippen MR) is 87.9 cm³/mol. The van der Waals surface area contributed by atoms with Gasteiger partial charge in [-0.1, -0.05) is 13.8 Å². The number of methoxy groups -OCH3 is 1. The second-order valence-electron chi connectivity index (χ2n) is 4.77. The van der Waals surface area contributed by atoms with Crippen LogP contribution in [0.4, 0.5) is 17.3 Å². The minimum atomic E-state index is 0.207. The summed E-state index contributed by atoms with van der Waals surface area (Å²) in [6.07, 6.45) is 0. The van der Waals surface area contributed by atoms with E-state index in [9.17, 15) is 0 Å². The average molecular weight is 352 g/mol. The lowest BCUT2D eigenvalue weighted by atomic mass is 10.2. The first kappa shape index (κ1) is 15.5. The molecular formula is C14H18BrN5O. The molecule has 6 nitrogen and oxygen atoms in total. The number of nitrogens with one attached hydrogen (secondary N) is 2. The van der Waals surface area contributed by atoms with Crippen LogP contribution >= 0.6 is 15.9 Å². The minimum Gasteiger partial charge on any atom is -0.495 e. The molecule has 0 amide bonds. The number of hydrogen-bond donors (Lipinski definition) is 3. The number of nitrogens with zero attached hydrogens (tertiary/aromatic N) is 2. The Balaban J connectivity index is 2.32. The van der Waals surface area contributed by atoms with Gasteiger partial charge in [0, 0.05) is 23.7 Å². The molecule has 2 aromatic rings. The largest absolute Gasteiger partial charge is 0.495 e. The standard InChI is InChI=1S/C14H18BrN5O/c1-8(2)14-18-12(7-13(19-14)20-16)17-9-4-5-10(15)11(6-9)21-3/h4-8H,16H2,1-3H3,(H2,17,18,19,20). The average Bonchev–Trinajstić information content (AvgIpc) is 2.48. The lowest BCUT2D eigenvalue weighted by Crippen LogP contribution is -2.12. The lowest BCUT2D eigenvalue weighted by molar-refractivity contribution is 0.412. The first-order chi connectivity index (χ1) is 10.0. The van der Waals surface area contributed by atoms with Crippen LogP contribution in [-0.2, 0) is 0 Å². The van der Waals surface area contributed by atoms with Crippen molar-refractivity contribution in [3.05, 3.63) is 34.6 Å². The van der Waals surface area contributed by atoms with Crippen LogP contribution in [-0.4, -0.2) is 17.1 Å². The van der Waals surface area contributed by atoms with Gasteiger partial charge in [0.2, 0.25) is 0 Å². The number of hydrazine groups is 1. The predicted octanol–water partition coefficient (Wildman–Crippen LogP) is 3.40. The van der Waals surface area contributed by atoms with Crippen molar-refractivity contribution < 1.29 is 4.74 Å². The molecule has 4 N–H and O–H groups in total. The van der Waals surface area contributed by atoms with Crippen molar-refractivity contribution in [1.82, 2.24) is 9.97 Å². The highest BCUT2D eigenvalue weighted by Gasteiger charge is 2.09. The van der Waals surface area contributed by atoms with Crippen LogP contribution in [0, 0.1) is 0 Å². The van der Waals surface area contributed by atoms with Crippen molar-refractivity contribution in [2.75, 3.05) is 17.9 Å². The highest BCUT2D eigenvalue weighted by Crippen LogP contribution is 2.29. The first-order valence-corrected chi connectivity index (χ1v) is 7.29. The number of nitrogen functional groups attached to an aromatic ring is 1. The molecule has 1 aromatic carbocycles. The zero-order chi connectivity index (χ0) is 15.4. The van der Waals surface area contributed by atoms with Crippen molar-refractivity contribution in [2.45, 2.75) is 19.8 Å². The Bertz CT molecular complexity index is 633. The second kappa shape index (κ2) is 6.73. The van der Waals surface area contributed by atoms with Crippen molar-refractivity contribution >= 4 is 33.3 Å². The van der Waals surface area contributed by atoms with Crippen molar-refractivity contribution in [3.63, 3.8) is 0 Å². The molecule has 0 spiro atoms. The van der Waals surface area contributed by atoms with Gasteiger partial charge < -0.3 is 15.5 Å². The highest BCUT2D eigenvalue weighted by molar-refractivity contribution is 9.10. The molecule has 7 heteroatoms. The van der Waals surface area contributed by atoms with Gasteiger partial charge in [-0.05, 0) is 28.1 Å². The van der Waals surface area contributed by atoms with Crippen LogP contribution in [0.15, 0.2) is 28.7 Å². The van der Waals surface area contributed by atoms with Crippen LogP contribution in [0.25, 0.3) is 0 Å². The molecule has 0 unspecified atom stereocenters. The summed E-state index contributed by atoms with van der Waals surface area (Å²) >= 11 is 3.42. The SMILES string of the molecule is COc1cc(Nc2cc(NN)nc(C(C)C)n2)ccc1Br. The number of halogens is 1. The van der Waals surface area contributed by atoms with Gasteiger partial charge in [0.25, 0.3) is 0 Å². The van der Waals surface area contributed by atoms with Gasteiger partial charge >= 0.3 is 0 Å². The summed E-state index contributed by atoms with van der Waals surface area (Å²) in [7, 11) is 1.63. The van der Waals surface area contributed by atoms with Gasteiger partial charge in [0.1, 0.15) is 23.2 Å². The van der Waals surface area contributed by atoms with E-state index in [4.69, 9.17) is 10.6 Å². The molecule has 0 aliphatic carbocycles. The maximum absolute atomic E-state index is 5.45. The Labute approximate surface area is 132 Å². The van der Waals surface area contributed by atoms with Crippen molar-refractivity contribution in [1.29, 1.82) is 0 Å². The molecule has 0 aliphatic heterocycles. The van der Waals surface area contributed by atoms with Crippen LogP contribution in [0.3, 0.4) is 0 Å². The Hall–Kier alpha value is -1.86.